The highest BCUT2D eigenvalue weighted by Gasteiger charge is 2.12. The van der Waals surface area contributed by atoms with Gasteiger partial charge in [0.05, 0.1) is 5.56 Å². The van der Waals surface area contributed by atoms with Crippen molar-refractivity contribution in [3.63, 3.8) is 0 Å². The van der Waals surface area contributed by atoms with Crippen molar-refractivity contribution in [2.75, 3.05) is 5.32 Å². The third-order valence-corrected chi connectivity index (χ3v) is 3.23. The molecule has 0 unspecified atom stereocenters. The third kappa shape index (κ3) is 2.56. The number of nitrogens with one attached hydrogen (secondary N) is 1. The molecular weight excluding hydrogens is 269 g/mol. The Morgan fingerprint density at radius 2 is 1.81 bits per heavy atom. The predicted molar refractivity (Wildman–Crippen MR) is 80.0 cm³/mol. The maximum atomic E-state index is 13.6. The largest absolute Gasteiger partial charge is 0.508 e. The number of rotatable bonds is 2. The van der Waals surface area contributed by atoms with E-state index in [0.29, 0.717) is 5.69 Å². The molecule has 0 saturated carbocycles. The van der Waals surface area contributed by atoms with Crippen LogP contribution < -0.4 is 5.32 Å². The number of anilines is 1. The SMILES string of the molecule is O=C(Nc1cccc2cc(O)ccc12)c1ccccc1F. The normalized spacial score (nSPS) is 10.5. The molecule has 2 N–H and O–H groups in total. The number of amides is 1. The Labute approximate surface area is 120 Å². The first-order valence-electron chi connectivity index (χ1n) is 6.43. The number of phenolic OH excluding ortho intramolecular Hbond substituents is 1. The van der Waals surface area contributed by atoms with Crippen LogP contribution in [0.1, 0.15) is 10.4 Å². The number of phenols is 1. The monoisotopic (exact) mass is 281 g/mol. The second-order valence-electron chi connectivity index (χ2n) is 4.64. The fourth-order valence-corrected chi connectivity index (χ4v) is 2.22. The lowest BCUT2D eigenvalue weighted by molar-refractivity contribution is 0.102. The summed E-state index contributed by atoms with van der Waals surface area (Å²) in [4.78, 5) is 12.1. The molecule has 3 rings (SSSR count). The molecule has 3 aromatic rings. The van der Waals surface area contributed by atoms with E-state index < -0.39 is 11.7 Å². The summed E-state index contributed by atoms with van der Waals surface area (Å²) < 4.78 is 13.6. The predicted octanol–water partition coefficient (Wildman–Crippen LogP) is 3.94. The van der Waals surface area contributed by atoms with E-state index in [-0.39, 0.29) is 11.3 Å². The average molecular weight is 281 g/mol. The molecule has 0 radical (unpaired) electrons. The highest BCUT2D eigenvalue weighted by molar-refractivity contribution is 6.09. The Morgan fingerprint density at radius 3 is 2.62 bits per heavy atom. The van der Waals surface area contributed by atoms with Crippen molar-refractivity contribution in [3.05, 3.63) is 72.0 Å². The Hall–Kier alpha value is -2.88. The van der Waals surface area contributed by atoms with E-state index in [9.17, 15) is 14.3 Å². The smallest absolute Gasteiger partial charge is 0.258 e. The summed E-state index contributed by atoms with van der Waals surface area (Å²) in [6.45, 7) is 0. The summed E-state index contributed by atoms with van der Waals surface area (Å²) in [7, 11) is 0. The molecule has 104 valence electrons. The summed E-state index contributed by atoms with van der Waals surface area (Å²) in [5.74, 6) is -0.915. The number of hydrogen-bond donors (Lipinski definition) is 2. The second-order valence-corrected chi connectivity index (χ2v) is 4.64. The van der Waals surface area contributed by atoms with Crippen molar-refractivity contribution in [2.24, 2.45) is 0 Å². The maximum Gasteiger partial charge on any atom is 0.258 e. The first-order valence-corrected chi connectivity index (χ1v) is 6.43. The molecule has 0 atom stereocenters. The zero-order valence-electron chi connectivity index (χ0n) is 11.0. The van der Waals surface area contributed by atoms with Crippen LogP contribution in [0.3, 0.4) is 0 Å². The molecule has 0 aliphatic rings. The molecule has 0 bridgehead atoms. The molecule has 0 saturated heterocycles. The molecule has 3 aromatic carbocycles. The van der Waals surface area contributed by atoms with Gasteiger partial charge >= 0.3 is 0 Å². The molecule has 3 nitrogen and oxygen atoms in total. The van der Waals surface area contributed by atoms with Gasteiger partial charge in [0, 0.05) is 11.1 Å². The summed E-state index contributed by atoms with van der Waals surface area (Å²) in [6, 6.07) is 16.0. The van der Waals surface area contributed by atoms with Crippen LogP contribution in [0.4, 0.5) is 10.1 Å². The second kappa shape index (κ2) is 5.25. The van der Waals surface area contributed by atoms with Crippen molar-refractivity contribution in [1.82, 2.24) is 0 Å². The third-order valence-electron chi connectivity index (χ3n) is 3.23. The van der Waals surface area contributed by atoms with Crippen molar-refractivity contribution in [2.45, 2.75) is 0 Å². The van der Waals surface area contributed by atoms with Gasteiger partial charge in [-0.15, -0.1) is 0 Å². The summed E-state index contributed by atoms with van der Waals surface area (Å²) >= 11 is 0. The van der Waals surface area contributed by atoms with Crippen molar-refractivity contribution < 1.29 is 14.3 Å². The van der Waals surface area contributed by atoms with E-state index in [0.717, 1.165) is 10.8 Å². The number of aromatic hydroxyl groups is 1. The van der Waals surface area contributed by atoms with Crippen LogP contribution >= 0.6 is 0 Å². The van der Waals surface area contributed by atoms with E-state index in [1.165, 1.54) is 18.2 Å². The fraction of sp³-hybridized carbons (Fsp3) is 0. The van der Waals surface area contributed by atoms with Crippen LogP contribution in [0, 0.1) is 5.82 Å². The Bertz CT molecular complexity index is 830. The minimum atomic E-state index is -0.562. The topological polar surface area (TPSA) is 49.3 Å². The Kier molecular flexibility index (Phi) is 3.28. The van der Waals surface area contributed by atoms with Gasteiger partial charge in [-0.2, -0.15) is 0 Å². The molecule has 0 spiro atoms. The van der Waals surface area contributed by atoms with Crippen LogP contribution in [0.5, 0.6) is 5.75 Å². The standard InChI is InChI=1S/C17H12FNO2/c18-15-6-2-1-5-14(15)17(21)19-16-7-3-4-11-10-12(20)8-9-13(11)16/h1-10,20H,(H,19,21). The minimum absolute atomic E-state index is 0.00622. The average Bonchev–Trinajstić information content (AvgIpc) is 2.47. The lowest BCUT2D eigenvalue weighted by Crippen LogP contribution is -2.13. The summed E-state index contributed by atoms with van der Waals surface area (Å²) in [5, 5.41) is 13.8. The highest BCUT2D eigenvalue weighted by Crippen LogP contribution is 2.27. The number of hydrogen-bond acceptors (Lipinski definition) is 2. The Morgan fingerprint density at radius 1 is 1.00 bits per heavy atom. The van der Waals surface area contributed by atoms with Gasteiger partial charge in [0.1, 0.15) is 11.6 Å². The van der Waals surface area contributed by atoms with Crippen LogP contribution in [-0.2, 0) is 0 Å². The lowest BCUT2D eigenvalue weighted by Gasteiger charge is -2.09. The van der Waals surface area contributed by atoms with E-state index in [4.69, 9.17) is 0 Å². The zero-order valence-corrected chi connectivity index (χ0v) is 11.0. The number of halogens is 1. The molecular formula is C17H12FNO2. The van der Waals surface area contributed by atoms with Gasteiger partial charge in [-0.05, 0) is 41.8 Å². The van der Waals surface area contributed by atoms with Crippen molar-refractivity contribution in [3.8, 4) is 5.75 Å². The van der Waals surface area contributed by atoms with Crippen molar-refractivity contribution >= 4 is 22.4 Å². The first-order chi connectivity index (χ1) is 10.1. The fourth-order valence-electron chi connectivity index (χ4n) is 2.22. The Balaban J connectivity index is 1.99. The molecule has 21 heavy (non-hydrogen) atoms. The van der Waals surface area contributed by atoms with Crippen LogP contribution in [0.2, 0.25) is 0 Å². The van der Waals surface area contributed by atoms with E-state index in [1.54, 1.807) is 36.4 Å². The quantitative estimate of drug-likeness (QED) is 0.747. The molecule has 1 amide bonds. The number of benzene rings is 3. The molecule has 0 fully saturated rings. The van der Waals surface area contributed by atoms with Crippen LogP contribution in [0.15, 0.2) is 60.7 Å². The molecule has 4 heteroatoms. The van der Waals surface area contributed by atoms with Gasteiger partial charge in [-0.3, -0.25) is 4.79 Å². The van der Waals surface area contributed by atoms with Gasteiger partial charge < -0.3 is 10.4 Å². The zero-order chi connectivity index (χ0) is 14.8. The first kappa shape index (κ1) is 13.1. The molecule has 0 heterocycles. The van der Waals surface area contributed by atoms with E-state index >= 15 is 0 Å². The molecule has 0 aromatic heterocycles. The lowest BCUT2D eigenvalue weighted by atomic mass is 10.1. The van der Waals surface area contributed by atoms with Gasteiger partial charge in [0.25, 0.3) is 5.91 Å². The highest BCUT2D eigenvalue weighted by atomic mass is 19.1. The van der Waals surface area contributed by atoms with Crippen LogP contribution in [-0.4, -0.2) is 11.0 Å². The summed E-state index contributed by atoms with van der Waals surface area (Å²) in [5.41, 5.74) is 0.564. The van der Waals surface area contributed by atoms with E-state index in [1.807, 2.05) is 6.07 Å². The van der Waals surface area contributed by atoms with Gasteiger partial charge in [0.15, 0.2) is 0 Å². The van der Waals surface area contributed by atoms with Crippen LogP contribution in [0.25, 0.3) is 10.8 Å². The maximum absolute atomic E-state index is 13.6. The number of carbonyl (C=O) groups excluding carboxylic acids is 1. The number of carbonyl (C=O) groups is 1. The summed E-state index contributed by atoms with van der Waals surface area (Å²) in [6.07, 6.45) is 0. The van der Waals surface area contributed by atoms with Gasteiger partial charge in [-0.25, -0.2) is 4.39 Å². The van der Waals surface area contributed by atoms with Gasteiger partial charge in [-0.1, -0.05) is 24.3 Å². The van der Waals surface area contributed by atoms with Crippen molar-refractivity contribution in [1.29, 1.82) is 0 Å². The molecule has 0 aliphatic heterocycles. The van der Waals surface area contributed by atoms with E-state index in [2.05, 4.69) is 5.32 Å². The molecule has 0 aliphatic carbocycles. The minimum Gasteiger partial charge on any atom is -0.508 e. The van der Waals surface area contributed by atoms with Gasteiger partial charge in [0.2, 0.25) is 0 Å². The number of fused-ring (bicyclic) bond motifs is 1.